The fourth-order valence-electron chi connectivity index (χ4n) is 1.48. The zero-order valence-electron chi connectivity index (χ0n) is 10.4. The van der Waals surface area contributed by atoms with Crippen molar-refractivity contribution in [1.29, 1.82) is 0 Å². The highest BCUT2D eigenvalue weighted by Crippen LogP contribution is 1.86. The molecule has 3 amide bonds. The highest BCUT2D eigenvalue weighted by molar-refractivity contribution is 5.82. The number of hydrogen-bond donors (Lipinski definition) is 4. The zero-order valence-corrected chi connectivity index (χ0v) is 10.4. The Labute approximate surface area is 101 Å². The summed E-state index contributed by atoms with van der Waals surface area (Å²) in [5.41, 5.74) is 0. The molecule has 1 heterocycles. The summed E-state index contributed by atoms with van der Waals surface area (Å²) >= 11 is 0. The van der Waals surface area contributed by atoms with Crippen LogP contribution in [0.25, 0.3) is 0 Å². The molecule has 1 rings (SSSR count). The standard InChI is InChI=1S/C10H21N5O2/c1-15(2)10(17)14-6-5-13-9(16)8-7-11-3-4-12-8/h8,11-12H,3-7H2,1-2H3,(H,13,16)(H,14,17). The fraction of sp³-hybridized carbons (Fsp3) is 0.800. The average Bonchev–Trinajstić information content (AvgIpc) is 2.35. The molecule has 0 spiro atoms. The Morgan fingerprint density at radius 3 is 2.53 bits per heavy atom. The van der Waals surface area contributed by atoms with E-state index in [1.807, 2.05) is 0 Å². The lowest BCUT2D eigenvalue weighted by molar-refractivity contribution is -0.123. The van der Waals surface area contributed by atoms with Crippen molar-refractivity contribution in [3.8, 4) is 0 Å². The van der Waals surface area contributed by atoms with Crippen LogP contribution in [0.2, 0.25) is 0 Å². The molecule has 0 aromatic carbocycles. The molecule has 1 aliphatic heterocycles. The van der Waals surface area contributed by atoms with Gasteiger partial charge in [-0.25, -0.2) is 4.79 Å². The number of carbonyl (C=O) groups excluding carboxylic acids is 2. The number of piperazine rings is 1. The molecule has 7 nitrogen and oxygen atoms in total. The summed E-state index contributed by atoms with van der Waals surface area (Å²) in [6.07, 6.45) is 0. The summed E-state index contributed by atoms with van der Waals surface area (Å²) in [5.74, 6) is -0.0312. The maximum atomic E-state index is 11.6. The smallest absolute Gasteiger partial charge is 0.316 e. The molecule has 17 heavy (non-hydrogen) atoms. The lowest BCUT2D eigenvalue weighted by Crippen LogP contribution is -2.56. The molecule has 7 heteroatoms. The summed E-state index contributed by atoms with van der Waals surface area (Å²) in [6.45, 7) is 3.22. The van der Waals surface area contributed by atoms with Crippen molar-refractivity contribution in [1.82, 2.24) is 26.2 Å². The molecular weight excluding hydrogens is 222 g/mol. The van der Waals surface area contributed by atoms with Gasteiger partial charge in [0.05, 0.1) is 6.04 Å². The maximum Gasteiger partial charge on any atom is 0.316 e. The Balaban J connectivity index is 2.09. The lowest BCUT2D eigenvalue weighted by atomic mass is 10.2. The van der Waals surface area contributed by atoms with Gasteiger partial charge in [-0.3, -0.25) is 4.79 Å². The molecular formula is C10H21N5O2. The van der Waals surface area contributed by atoms with Gasteiger partial charge in [-0.15, -0.1) is 0 Å². The first-order chi connectivity index (χ1) is 8.11. The molecule has 1 fully saturated rings. The molecule has 1 unspecified atom stereocenters. The van der Waals surface area contributed by atoms with Gasteiger partial charge in [-0.1, -0.05) is 0 Å². The third kappa shape index (κ3) is 5.01. The Hall–Kier alpha value is -1.34. The molecule has 1 aliphatic rings. The van der Waals surface area contributed by atoms with Crippen molar-refractivity contribution >= 4 is 11.9 Å². The summed E-state index contributed by atoms with van der Waals surface area (Å²) in [7, 11) is 3.34. The van der Waals surface area contributed by atoms with E-state index in [0.29, 0.717) is 19.6 Å². The molecule has 0 bridgehead atoms. The minimum Gasteiger partial charge on any atom is -0.353 e. The Morgan fingerprint density at radius 1 is 1.24 bits per heavy atom. The van der Waals surface area contributed by atoms with Gasteiger partial charge in [0.15, 0.2) is 0 Å². The number of nitrogens with one attached hydrogen (secondary N) is 4. The predicted molar refractivity (Wildman–Crippen MR) is 64.8 cm³/mol. The SMILES string of the molecule is CN(C)C(=O)NCCNC(=O)C1CNCCN1. The van der Waals surface area contributed by atoms with Gasteiger partial charge in [0, 0.05) is 46.8 Å². The maximum absolute atomic E-state index is 11.6. The van der Waals surface area contributed by atoms with E-state index in [9.17, 15) is 9.59 Å². The van der Waals surface area contributed by atoms with Crippen molar-refractivity contribution in [2.45, 2.75) is 6.04 Å². The molecule has 1 atom stereocenters. The Kier molecular flexibility index (Phi) is 5.71. The van der Waals surface area contributed by atoms with Crippen molar-refractivity contribution in [3.05, 3.63) is 0 Å². The summed E-state index contributed by atoms with van der Waals surface area (Å²) in [6, 6.07) is -0.329. The van der Waals surface area contributed by atoms with Gasteiger partial charge in [0.2, 0.25) is 5.91 Å². The normalized spacial score (nSPS) is 19.5. The molecule has 4 N–H and O–H groups in total. The van der Waals surface area contributed by atoms with Crippen LogP contribution >= 0.6 is 0 Å². The first-order valence-electron chi connectivity index (χ1n) is 5.78. The number of amides is 3. The summed E-state index contributed by atoms with van der Waals surface area (Å²) < 4.78 is 0. The first-order valence-corrected chi connectivity index (χ1v) is 5.78. The number of carbonyl (C=O) groups is 2. The predicted octanol–water partition coefficient (Wildman–Crippen LogP) is -2.06. The van der Waals surface area contributed by atoms with E-state index in [2.05, 4.69) is 21.3 Å². The average molecular weight is 243 g/mol. The van der Waals surface area contributed by atoms with E-state index in [-0.39, 0.29) is 18.0 Å². The van der Waals surface area contributed by atoms with Crippen LogP contribution in [0, 0.1) is 0 Å². The molecule has 0 aliphatic carbocycles. The molecule has 0 saturated carbocycles. The lowest BCUT2D eigenvalue weighted by Gasteiger charge is -2.23. The molecule has 98 valence electrons. The van der Waals surface area contributed by atoms with Crippen LogP contribution in [0.5, 0.6) is 0 Å². The van der Waals surface area contributed by atoms with Crippen LogP contribution in [0.15, 0.2) is 0 Å². The minimum absolute atomic E-state index is 0.0312. The summed E-state index contributed by atoms with van der Waals surface area (Å²) in [4.78, 5) is 24.3. The van der Waals surface area contributed by atoms with E-state index in [1.165, 1.54) is 4.90 Å². The third-order valence-corrected chi connectivity index (χ3v) is 2.46. The zero-order chi connectivity index (χ0) is 12.7. The number of nitrogens with zero attached hydrogens (tertiary/aromatic N) is 1. The van der Waals surface area contributed by atoms with Gasteiger partial charge < -0.3 is 26.2 Å². The molecule has 0 aromatic heterocycles. The molecule has 0 radical (unpaired) electrons. The van der Waals surface area contributed by atoms with Crippen LogP contribution in [-0.4, -0.2) is 69.7 Å². The highest BCUT2D eigenvalue weighted by Gasteiger charge is 2.19. The van der Waals surface area contributed by atoms with E-state index in [1.54, 1.807) is 14.1 Å². The van der Waals surface area contributed by atoms with Crippen LogP contribution < -0.4 is 21.3 Å². The Morgan fingerprint density at radius 2 is 1.94 bits per heavy atom. The van der Waals surface area contributed by atoms with E-state index in [4.69, 9.17) is 0 Å². The Bertz CT molecular complexity index is 263. The number of rotatable bonds is 4. The van der Waals surface area contributed by atoms with Gasteiger partial charge in [-0.2, -0.15) is 0 Å². The fourth-order valence-corrected chi connectivity index (χ4v) is 1.48. The van der Waals surface area contributed by atoms with E-state index in [0.717, 1.165) is 13.1 Å². The second-order valence-electron chi connectivity index (χ2n) is 4.13. The van der Waals surface area contributed by atoms with Crippen molar-refractivity contribution < 1.29 is 9.59 Å². The van der Waals surface area contributed by atoms with Crippen LogP contribution in [0.4, 0.5) is 4.79 Å². The molecule has 1 saturated heterocycles. The van der Waals surface area contributed by atoms with Crippen molar-refractivity contribution in [3.63, 3.8) is 0 Å². The van der Waals surface area contributed by atoms with Crippen LogP contribution in [0.1, 0.15) is 0 Å². The topological polar surface area (TPSA) is 85.5 Å². The second kappa shape index (κ2) is 7.08. The summed E-state index contributed by atoms with van der Waals surface area (Å²) in [5, 5.41) is 11.7. The quantitative estimate of drug-likeness (QED) is 0.428. The van der Waals surface area contributed by atoms with Crippen molar-refractivity contribution in [2.75, 3.05) is 46.8 Å². The highest BCUT2D eigenvalue weighted by atomic mass is 16.2. The van der Waals surface area contributed by atoms with Crippen LogP contribution in [-0.2, 0) is 4.79 Å². The van der Waals surface area contributed by atoms with E-state index < -0.39 is 0 Å². The van der Waals surface area contributed by atoms with Gasteiger partial charge in [-0.05, 0) is 0 Å². The first kappa shape index (κ1) is 13.7. The molecule has 0 aromatic rings. The van der Waals surface area contributed by atoms with Crippen molar-refractivity contribution in [2.24, 2.45) is 0 Å². The number of urea groups is 1. The van der Waals surface area contributed by atoms with Gasteiger partial charge in [0.25, 0.3) is 0 Å². The third-order valence-electron chi connectivity index (χ3n) is 2.46. The van der Waals surface area contributed by atoms with Gasteiger partial charge >= 0.3 is 6.03 Å². The largest absolute Gasteiger partial charge is 0.353 e. The number of hydrogen-bond acceptors (Lipinski definition) is 4. The second-order valence-corrected chi connectivity index (χ2v) is 4.13. The van der Waals surface area contributed by atoms with E-state index >= 15 is 0 Å². The minimum atomic E-state index is -0.173. The van der Waals surface area contributed by atoms with Crippen LogP contribution in [0.3, 0.4) is 0 Å². The monoisotopic (exact) mass is 243 g/mol. The van der Waals surface area contributed by atoms with Gasteiger partial charge in [0.1, 0.15) is 0 Å².